The van der Waals surface area contributed by atoms with Crippen molar-refractivity contribution in [3.05, 3.63) is 58.2 Å². The summed E-state index contributed by atoms with van der Waals surface area (Å²) in [5.74, 6) is -0.602. The van der Waals surface area contributed by atoms with E-state index in [0.29, 0.717) is 10.0 Å². The molecule has 0 bridgehead atoms. The fraction of sp³-hybridized carbons (Fsp3) is 0. The van der Waals surface area contributed by atoms with Gasteiger partial charge in [-0.15, -0.1) is 0 Å². The zero-order valence-electron chi connectivity index (χ0n) is 11.1. The molecule has 3 aromatic rings. The summed E-state index contributed by atoms with van der Waals surface area (Å²) in [4.78, 5) is 16.4. The minimum atomic E-state index is -0.602. The van der Waals surface area contributed by atoms with Crippen molar-refractivity contribution in [2.24, 2.45) is 0 Å². The lowest BCUT2D eigenvalue weighted by Crippen LogP contribution is -2.18. The van der Waals surface area contributed by atoms with Gasteiger partial charge < -0.3 is 4.98 Å². The number of aromatic nitrogens is 1. The molecule has 22 heavy (non-hydrogen) atoms. The number of rotatable bonds is 3. The van der Waals surface area contributed by atoms with Gasteiger partial charge in [0.1, 0.15) is 5.69 Å². The molecule has 0 atom stereocenters. The van der Waals surface area contributed by atoms with E-state index >= 15 is 0 Å². The van der Waals surface area contributed by atoms with E-state index in [1.165, 1.54) is 11.8 Å². The van der Waals surface area contributed by atoms with Crippen LogP contribution in [-0.2, 0) is 0 Å². The van der Waals surface area contributed by atoms with Gasteiger partial charge in [0.05, 0.1) is 0 Å². The Balaban J connectivity index is 2.05. The molecule has 1 aromatic heterocycles. The average molecular weight is 353 g/mol. The second-order valence-corrected chi connectivity index (χ2v) is 6.53. The van der Waals surface area contributed by atoms with Crippen molar-refractivity contribution in [3.63, 3.8) is 0 Å². The molecule has 0 spiro atoms. The molecule has 3 N–H and O–H groups in total. The second-order valence-electron chi connectivity index (χ2n) is 4.55. The third kappa shape index (κ3) is 3.08. The molecular formula is C15H10Cl2N2O2S. The quantitative estimate of drug-likeness (QED) is 0.470. The van der Waals surface area contributed by atoms with Gasteiger partial charge in [-0.25, -0.2) is 5.48 Å². The van der Waals surface area contributed by atoms with Crippen molar-refractivity contribution in [2.45, 2.75) is 9.79 Å². The van der Waals surface area contributed by atoms with Crippen molar-refractivity contribution < 1.29 is 10.0 Å². The standard InChI is InChI=1S/C15H10Cl2N2O2S/c16-8-1-3-10(4-2-8)22-14-6-9(17)5-12-11(14)7-13(18-12)15(20)19-21/h1-7,18,21H,(H,19,20). The van der Waals surface area contributed by atoms with Crippen molar-refractivity contribution in [1.82, 2.24) is 10.5 Å². The van der Waals surface area contributed by atoms with E-state index in [2.05, 4.69) is 4.98 Å². The lowest BCUT2D eigenvalue weighted by atomic mass is 10.2. The summed E-state index contributed by atoms with van der Waals surface area (Å²) in [6.45, 7) is 0. The molecular weight excluding hydrogens is 343 g/mol. The highest BCUT2D eigenvalue weighted by Crippen LogP contribution is 2.36. The van der Waals surface area contributed by atoms with Crippen LogP contribution >= 0.6 is 35.0 Å². The van der Waals surface area contributed by atoms with Crippen LogP contribution in [0.1, 0.15) is 10.5 Å². The third-order valence-corrected chi connectivity index (χ3v) is 4.59. The molecule has 0 aliphatic heterocycles. The molecule has 7 heteroatoms. The monoisotopic (exact) mass is 352 g/mol. The molecule has 0 fully saturated rings. The highest BCUT2D eigenvalue weighted by atomic mass is 35.5. The van der Waals surface area contributed by atoms with E-state index in [9.17, 15) is 4.79 Å². The molecule has 0 radical (unpaired) electrons. The Labute approximate surface area is 140 Å². The van der Waals surface area contributed by atoms with Crippen LogP contribution in [0.3, 0.4) is 0 Å². The number of hydroxylamine groups is 1. The maximum Gasteiger partial charge on any atom is 0.291 e. The fourth-order valence-corrected chi connectivity index (χ4v) is 3.47. The van der Waals surface area contributed by atoms with Gasteiger partial charge in [-0.05, 0) is 42.5 Å². The first kappa shape index (κ1) is 15.2. The number of benzene rings is 2. The number of carbonyl (C=O) groups is 1. The number of hydrogen-bond donors (Lipinski definition) is 3. The molecule has 4 nitrogen and oxygen atoms in total. The molecule has 0 aliphatic rings. The van der Waals surface area contributed by atoms with Gasteiger partial charge in [0.25, 0.3) is 5.91 Å². The Morgan fingerprint density at radius 1 is 1.09 bits per heavy atom. The van der Waals surface area contributed by atoms with Crippen molar-refractivity contribution in [3.8, 4) is 0 Å². The van der Waals surface area contributed by atoms with Crippen LogP contribution in [0.25, 0.3) is 10.9 Å². The Morgan fingerprint density at radius 2 is 1.82 bits per heavy atom. The largest absolute Gasteiger partial charge is 0.350 e. The summed E-state index contributed by atoms with van der Waals surface area (Å²) in [7, 11) is 0. The van der Waals surface area contributed by atoms with Gasteiger partial charge >= 0.3 is 0 Å². The molecule has 0 unspecified atom stereocenters. The summed E-state index contributed by atoms with van der Waals surface area (Å²) in [6, 6.07) is 12.7. The number of carbonyl (C=O) groups excluding carboxylic acids is 1. The predicted octanol–water partition coefficient (Wildman–Crippen LogP) is 4.74. The summed E-state index contributed by atoms with van der Waals surface area (Å²) >= 11 is 13.5. The van der Waals surface area contributed by atoms with Crippen LogP contribution in [0.4, 0.5) is 0 Å². The SMILES string of the molecule is O=C(NO)c1cc2c(Sc3ccc(Cl)cc3)cc(Cl)cc2[nH]1. The lowest BCUT2D eigenvalue weighted by molar-refractivity contribution is 0.0701. The van der Waals surface area contributed by atoms with E-state index in [4.69, 9.17) is 28.4 Å². The smallest absolute Gasteiger partial charge is 0.291 e. The van der Waals surface area contributed by atoms with E-state index in [1.54, 1.807) is 17.6 Å². The van der Waals surface area contributed by atoms with Crippen molar-refractivity contribution in [1.29, 1.82) is 0 Å². The number of hydrogen-bond acceptors (Lipinski definition) is 3. The second kappa shape index (κ2) is 6.22. The van der Waals surface area contributed by atoms with Gasteiger partial charge in [-0.2, -0.15) is 0 Å². The van der Waals surface area contributed by atoms with Crippen LogP contribution in [0.15, 0.2) is 52.3 Å². The minimum Gasteiger partial charge on any atom is -0.350 e. The number of fused-ring (bicyclic) bond motifs is 1. The Hall–Kier alpha value is -1.66. The first-order chi connectivity index (χ1) is 10.6. The van der Waals surface area contributed by atoms with Gasteiger partial charge in [0.15, 0.2) is 0 Å². The summed E-state index contributed by atoms with van der Waals surface area (Å²) < 4.78 is 0. The zero-order valence-corrected chi connectivity index (χ0v) is 13.4. The third-order valence-electron chi connectivity index (χ3n) is 3.05. The number of halogens is 2. The molecule has 0 aliphatic carbocycles. The number of aromatic amines is 1. The molecule has 2 aromatic carbocycles. The topological polar surface area (TPSA) is 65.1 Å². The van der Waals surface area contributed by atoms with Crippen LogP contribution in [0.2, 0.25) is 10.0 Å². The van der Waals surface area contributed by atoms with E-state index in [-0.39, 0.29) is 5.69 Å². The minimum absolute atomic E-state index is 0.262. The van der Waals surface area contributed by atoms with E-state index in [1.807, 2.05) is 30.3 Å². The maximum atomic E-state index is 11.5. The highest BCUT2D eigenvalue weighted by molar-refractivity contribution is 7.99. The van der Waals surface area contributed by atoms with Gasteiger partial charge in [0, 0.05) is 30.7 Å². The summed E-state index contributed by atoms with van der Waals surface area (Å²) in [5.41, 5.74) is 2.59. The van der Waals surface area contributed by atoms with Crippen LogP contribution in [0, 0.1) is 0 Å². The maximum absolute atomic E-state index is 11.5. The molecule has 0 saturated heterocycles. The zero-order chi connectivity index (χ0) is 15.7. The Morgan fingerprint density at radius 3 is 2.50 bits per heavy atom. The van der Waals surface area contributed by atoms with Crippen molar-refractivity contribution in [2.75, 3.05) is 0 Å². The normalized spacial score (nSPS) is 10.9. The fourth-order valence-electron chi connectivity index (χ4n) is 2.07. The van der Waals surface area contributed by atoms with E-state index < -0.39 is 5.91 Å². The molecule has 1 heterocycles. The van der Waals surface area contributed by atoms with Gasteiger partial charge in [-0.1, -0.05) is 35.0 Å². The molecule has 3 rings (SSSR count). The first-order valence-electron chi connectivity index (χ1n) is 6.27. The first-order valence-corrected chi connectivity index (χ1v) is 7.84. The lowest BCUT2D eigenvalue weighted by Gasteiger charge is -2.04. The van der Waals surface area contributed by atoms with Crippen LogP contribution in [0.5, 0.6) is 0 Å². The average Bonchev–Trinajstić information content (AvgIpc) is 2.92. The highest BCUT2D eigenvalue weighted by Gasteiger charge is 2.13. The Bertz CT molecular complexity index is 847. The molecule has 112 valence electrons. The van der Waals surface area contributed by atoms with Crippen LogP contribution < -0.4 is 5.48 Å². The van der Waals surface area contributed by atoms with Crippen molar-refractivity contribution >= 4 is 51.8 Å². The van der Waals surface area contributed by atoms with Gasteiger partial charge in [-0.3, -0.25) is 10.0 Å². The number of H-pyrrole nitrogens is 1. The molecule has 1 amide bonds. The van der Waals surface area contributed by atoms with Gasteiger partial charge in [0.2, 0.25) is 0 Å². The predicted molar refractivity (Wildman–Crippen MR) is 88.1 cm³/mol. The van der Waals surface area contributed by atoms with E-state index in [0.717, 1.165) is 20.7 Å². The Kier molecular flexibility index (Phi) is 4.31. The number of amides is 1. The van der Waals surface area contributed by atoms with Crippen LogP contribution in [-0.4, -0.2) is 16.1 Å². The summed E-state index contributed by atoms with van der Waals surface area (Å²) in [5, 5.41) is 10.8. The number of nitrogens with one attached hydrogen (secondary N) is 2. The molecule has 0 saturated carbocycles. The summed E-state index contributed by atoms with van der Waals surface area (Å²) in [6.07, 6.45) is 0.